The first-order valence-electron chi connectivity index (χ1n) is 10.9. The predicted molar refractivity (Wildman–Crippen MR) is 133 cm³/mol. The zero-order valence-corrected chi connectivity index (χ0v) is 20.3. The molecular formula is C24H24N4O4S2. The smallest absolute Gasteiger partial charge is 0.257 e. The standard InChI is InChI=1S/C24H24N4O4S2/c1-15-12-28(13-16(2)32-15)34(30,31)18-7-5-6-17(10-18)23(29)27-24-26-22(14-33-24)20-11-25-21-9-4-3-8-19(20)21/h3-11,14-16,25H,12-13H2,1-2H3,(H,26,27,29). The molecule has 3 heterocycles. The second kappa shape index (κ2) is 8.95. The molecule has 5 rings (SSSR count). The van der Waals surface area contributed by atoms with Gasteiger partial charge >= 0.3 is 0 Å². The van der Waals surface area contributed by atoms with Crippen LogP contribution < -0.4 is 5.32 Å². The van der Waals surface area contributed by atoms with Gasteiger partial charge in [-0.05, 0) is 38.1 Å². The summed E-state index contributed by atoms with van der Waals surface area (Å²) in [6.45, 7) is 4.25. The van der Waals surface area contributed by atoms with E-state index in [1.54, 1.807) is 12.1 Å². The molecule has 1 aliphatic heterocycles. The molecule has 2 atom stereocenters. The molecule has 34 heavy (non-hydrogen) atoms. The monoisotopic (exact) mass is 496 g/mol. The van der Waals surface area contributed by atoms with Gasteiger partial charge in [0.15, 0.2) is 5.13 Å². The van der Waals surface area contributed by atoms with Gasteiger partial charge < -0.3 is 9.72 Å². The Kier molecular flexibility index (Phi) is 5.98. The van der Waals surface area contributed by atoms with E-state index in [2.05, 4.69) is 15.3 Å². The van der Waals surface area contributed by atoms with Crippen LogP contribution in [0.15, 0.2) is 65.0 Å². The Balaban J connectivity index is 1.35. The van der Waals surface area contributed by atoms with Crippen LogP contribution in [-0.2, 0) is 14.8 Å². The third kappa shape index (κ3) is 4.37. The lowest BCUT2D eigenvalue weighted by molar-refractivity contribution is -0.0440. The molecule has 0 bridgehead atoms. The van der Waals surface area contributed by atoms with Gasteiger partial charge in [0.25, 0.3) is 5.91 Å². The number of thiazole rings is 1. The Hall–Kier alpha value is -3.05. The molecule has 8 nitrogen and oxygen atoms in total. The summed E-state index contributed by atoms with van der Waals surface area (Å²) in [7, 11) is -3.75. The SMILES string of the molecule is CC1CN(S(=O)(=O)c2cccc(C(=O)Nc3nc(-c4c[nH]c5ccccc45)cs3)c2)CC(C)O1. The summed E-state index contributed by atoms with van der Waals surface area (Å²) in [5, 5.41) is 6.16. The molecule has 2 unspecified atom stereocenters. The number of benzene rings is 2. The average molecular weight is 497 g/mol. The molecule has 176 valence electrons. The highest BCUT2D eigenvalue weighted by Gasteiger charge is 2.32. The fourth-order valence-electron chi connectivity index (χ4n) is 4.18. The van der Waals surface area contributed by atoms with E-state index in [9.17, 15) is 13.2 Å². The summed E-state index contributed by atoms with van der Waals surface area (Å²) in [6, 6.07) is 14.0. The van der Waals surface area contributed by atoms with Crippen LogP contribution in [0.3, 0.4) is 0 Å². The Morgan fingerprint density at radius 3 is 2.71 bits per heavy atom. The predicted octanol–water partition coefficient (Wildman–Crippen LogP) is 4.34. The molecule has 10 heteroatoms. The highest BCUT2D eigenvalue weighted by molar-refractivity contribution is 7.89. The van der Waals surface area contributed by atoms with Crippen LogP contribution in [0.5, 0.6) is 0 Å². The fraction of sp³-hybridized carbons (Fsp3) is 0.250. The van der Waals surface area contributed by atoms with Crippen LogP contribution in [-0.4, -0.2) is 53.9 Å². The number of nitrogens with one attached hydrogen (secondary N) is 2. The Morgan fingerprint density at radius 1 is 1.15 bits per heavy atom. The molecule has 1 saturated heterocycles. The molecule has 2 aromatic carbocycles. The van der Waals surface area contributed by atoms with E-state index in [1.807, 2.05) is 49.7 Å². The Bertz CT molecular complexity index is 1450. The molecule has 0 radical (unpaired) electrons. The fourth-order valence-corrected chi connectivity index (χ4v) is 6.52. The zero-order valence-electron chi connectivity index (χ0n) is 18.7. The summed E-state index contributed by atoms with van der Waals surface area (Å²) in [4.78, 5) is 20.8. The molecule has 1 aliphatic rings. The minimum Gasteiger partial charge on any atom is -0.373 e. The number of amides is 1. The van der Waals surface area contributed by atoms with Gasteiger partial charge in [0, 0.05) is 46.7 Å². The zero-order chi connectivity index (χ0) is 23.9. The molecule has 2 N–H and O–H groups in total. The van der Waals surface area contributed by atoms with Gasteiger partial charge in [0.2, 0.25) is 10.0 Å². The first-order chi connectivity index (χ1) is 16.3. The number of fused-ring (bicyclic) bond motifs is 1. The molecule has 1 fully saturated rings. The number of carbonyl (C=O) groups is 1. The van der Waals surface area contributed by atoms with Crippen molar-refractivity contribution in [3.8, 4) is 11.3 Å². The number of hydrogen-bond donors (Lipinski definition) is 2. The number of ether oxygens (including phenoxy) is 1. The number of anilines is 1. The van der Waals surface area contributed by atoms with Crippen molar-refractivity contribution < 1.29 is 17.9 Å². The maximum Gasteiger partial charge on any atom is 0.257 e. The van der Waals surface area contributed by atoms with Crippen molar-refractivity contribution in [2.45, 2.75) is 31.0 Å². The van der Waals surface area contributed by atoms with E-state index in [4.69, 9.17) is 4.74 Å². The molecular weight excluding hydrogens is 472 g/mol. The highest BCUT2D eigenvalue weighted by atomic mass is 32.2. The summed E-state index contributed by atoms with van der Waals surface area (Å²) >= 11 is 1.31. The summed E-state index contributed by atoms with van der Waals surface area (Å²) in [6.07, 6.45) is 1.51. The lowest BCUT2D eigenvalue weighted by Crippen LogP contribution is -2.48. The molecule has 2 aromatic heterocycles. The largest absolute Gasteiger partial charge is 0.373 e. The highest BCUT2D eigenvalue weighted by Crippen LogP contribution is 2.31. The third-order valence-corrected chi connectivity index (χ3v) is 8.30. The van der Waals surface area contributed by atoms with Crippen LogP contribution >= 0.6 is 11.3 Å². The summed E-state index contributed by atoms with van der Waals surface area (Å²) in [5.41, 5.74) is 2.97. The number of para-hydroxylation sites is 1. The van der Waals surface area contributed by atoms with Crippen molar-refractivity contribution in [1.29, 1.82) is 0 Å². The second-order valence-electron chi connectivity index (χ2n) is 8.35. The molecule has 0 aliphatic carbocycles. The Morgan fingerprint density at radius 2 is 1.91 bits per heavy atom. The van der Waals surface area contributed by atoms with Crippen LogP contribution in [0, 0.1) is 0 Å². The maximum atomic E-state index is 13.2. The second-order valence-corrected chi connectivity index (χ2v) is 11.1. The Labute approximate surface area is 201 Å². The number of aromatic nitrogens is 2. The minimum atomic E-state index is -3.75. The normalized spacial score (nSPS) is 19.4. The van der Waals surface area contributed by atoms with Gasteiger partial charge in [0.05, 0.1) is 22.8 Å². The first kappa shape index (κ1) is 22.7. The lowest BCUT2D eigenvalue weighted by atomic mass is 10.1. The third-order valence-electron chi connectivity index (χ3n) is 5.71. The topological polar surface area (TPSA) is 104 Å². The van der Waals surface area contributed by atoms with Crippen molar-refractivity contribution in [1.82, 2.24) is 14.3 Å². The van der Waals surface area contributed by atoms with Crippen molar-refractivity contribution in [2.24, 2.45) is 0 Å². The van der Waals surface area contributed by atoms with Gasteiger partial charge in [-0.15, -0.1) is 11.3 Å². The summed E-state index contributed by atoms with van der Waals surface area (Å²) < 4.78 is 33.4. The quantitative estimate of drug-likeness (QED) is 0.428. The number of nitrogens with zero attached hydrogens (tertiary/aromatic N) is 2. The van der Waals surface area contributed by atoms with E-state index < -0.39 is 15.9 Å². The van der Waals surface area contributed by atoms with Crippen LogP contribution in [0.1, 0.15) is 24.2 Å². The van der Waals surface area contributed by atoms with Gasteiger partial charge in [-0.3, -0.25) is 10.1 Å². The summed E-state index contributed by atoms with van der Waals surface area (Å²) in [5.74, 6) is -0.416. The minimum absolute atomic E-state index is 0.0834. The molecule has 4 aromatic rings. The van der Waals surface area contributed by atoms with Crippen molar-refractivity contribution >= 4 is 43.3 Å². The van der Waals surface area contributed by atoms with Crippen LogP contribution in [0.25, 0.3) is 22.2 Å². The molecule has 0 saturated carbocycles. The number of morpholine rings is 1. The number of aromatic amines is 1. The first-order valence-corrected chi connectivity index (χ1v) is 13.2. The van der Waals surface area contributed by atoms with Gasteiger partial charge in [-0.25, -0.2) is 13.4 Å². The van der Waals surface area contributed by atoms with Gasteiger partial charge in [0.1, 0.15) is 0 Å². The lowest BCUT2D eigenvalue weighted by Gasteiger charge is -2.34. The van der Waals surface area contributed by atoms with Gasteiger partial charge in [-0.1, -0.05) is 24.3 Å². The number of H-pyrrole nitrogens is 1. The van der Waals surface area contributed by atoms with Crippen molar-refractivity contribution in [2.75, 3.05) is 18.4 Å². The molecule has 1 amide bonds. The van der Waals surface area contributed by atoms with Gasteiger partial charge in [-0.2, -0.15) is 4.31 Å². The number of sulfonamides is 1. The number of hydrogen-bond acceptors (Lipinski definition) is 6. The van der Waals surface area contributed by atoms with E-state index in [-0.39, 0.29) is 35.8 Å². The van der Waals surface area contributed by atoms with E-state index in [0.717, 1.165) is 22.2 Å². The van der Waals surface area contributed by atoms with Crippen molar-refractivity contribution in [3.63, 3.8) is 0 Å². The van der Waals surface area contributed by atoms with E-state index in [1.165, 1.54) is 27.8 Å². The van der Waals surface area contributed by atoms with E-state index >= 15 is 0 Å². The van der Waals surface area contributed by atoms with Crippen molar-refractivity contribution in [3.05, 3.63) is 65.7 Å². The number of carbonyl (C=O) groups excluding carboxylic acids is 1. The molecule has 0 spiro atoms. The van der Waals surface area contributed by atoms with Crippen LogP contribution in [0.4, 0.5) is 5.13 Å². The average Bonchev–Trinajstić information content (AvgIpc) is 3.45. The maximum absolute atomic E-state index is 13.2. The number of rotatable bonds is 5. The van der Waals surface area contributed by atoms with E-state index in [0.29, 0.717) is 5.13 Å². The van der Waals surface area contributed by atoms with Crippen LogP contribution in [0.2, 0.25) is 0 Å².